The summed E-state index contributed by atoms with van der Waals surface area (Å²) in [5.41, 5.74) is 2.72. The van der Waals surface area contributed by atoms with Crippen molar-refractivity contribution in [3.63, 3.8) is 0 Å². The van der Waals surface area contributed by atoms with E-state index < -0.39 is 34.3 Å². The highest BCUT2D eigenvalue weighted by atomic mass is 35.5. The molecule has 4 aromatic carbocycles. The number of hydrogen-bond donors (Lipinski definition) is 1. The quantitative estimate of drug-likeness (QED) is 0.191. The van der Waals surface area contributed by atoms with Crippen molar-refractivity contribution in [1.29, 1.82) is 0 Å². The van der Waals surface area contributed by atoms with Crippen molar-refractivity contribution >= 4 is 39.1 Å². The molecule has 0 bridgehead atoms. The van der Waals surface area contributed by atoms with E-state index in [-0.39, 0.29) is 29.5 Å². The molecule has 0 radical (unpaired) electrons. The lowest BCUT2D eigenvalue weighted by atomic mass is 10.0. The molecule has 0 heterocycles. The molecule has 0 saturated heterocycles. The lowest BCUT2D eigenvalue weighted by Crippen LogP contribution is -2.53. The molecule has 0 spiro atoms. The third-order valence-electron chi connectivity index (χ3n) is 7.09. The number of halogens is 2. The molecule has 44 heavy (non-hydrogen) atoms. The van der Waals surface area contributed by atoms with Crippen LogP contribution in [0.4, 0.5) is 10.1 Å². The molecule has 0 unspecified atom stereocenters. The zero-order valence-electron chi connectivity index (χ0n) is 24.6. The fourth-order valence-electron chi connectivity index (χ4n) is 4.68. The van der Waals surface area contributed by atoms with Gasteiger partial charge in [0.15, 0.2) is 0 Å². The first-order chi connectivity index (χ1) is 21.1. The van der Waals surface area contributed by atoms with Gasteiger partial charge in [-0.1, -0.05) is 78.7 Å². The van der Waals surface area contributed by atoms with Gasteiger partial charge in [-0.3, -0.25) is 13.9 Å². The number of aryl methyl sites for hydroxylation is 1. The highest BCUT2D eigenvalue weighted by molar-refractivity contribution is 7.92. The second-order valence-electron chi connectivity index (χ2n) is 10.4. The first-order valence-corrected chi connectivity index (χ1v) is 16.1. The number of anilines is 1. The summed E-state index contributed by atoms with van der Waals surface area (Å²) >= 11 is 6.11. The van der Waals surface area contributed by atoms with Crippen LogP contribution >= 0.6 is 11.6 Å². The molecule has 0 aliphatic rings. The van der Waals surface area contributed by atoms with Crippen LogP contribution in [-0.4, -0.2) is 44.3 Å². The predicted octanol–water partition coefficient (Wildman–Crippen LogP) is 6.15. The summed E-state index contributed by atoms with van der Waals surface area (Å²) in [6, 6.07) is 26.5. The molecule has 230 valence electrons. The number of carbonyl (C=O) groups excluding carboxylic acids is 2. The topological polar surface area (TPSA) is 86.8 Å². The third-order valence-corrected chi connectivity index (χ3v) is 9.13. The van der Waals surface area contributed by atoms with Gasteiger partial charge in [-0.25, -0.2) is 12.8 Å². The van der Waals surface area contributed by atoms with Gasteiger partial charge < -0.3 is 10.2 Å². The molecule has 0 aromatic heterocycles. The van der Waals surface area contributed by atoms with Crippen LogP contribution < -0.4 is 9.62 Å². The summed E-state index contributed by atoms with van der Waals surface area (Å²) in [6.07, 6.45) is 0.914. The minimum Gasteiger partial charge on any atom is -0.354 e. The lowest BCUT2D eigenvalue weighted by Gasteiger charge is -2.34. The molecular weight excluding hydrogens is 601 g/mol. The van der Waals surface area contributed by atoms with Gasteiger partial charge in [-0.2, -0.15) is 0 Å². The van der Waals surface area contributed by atoms with Crippen molar-refractivity contribution in [2.75, 3.05) is 17.4 Å². The van der Waals surface area contributed by atoms with E-state index in [0.717, 1.165) is 39.7 Å². The zero-order chi connectivity index (χ0) is 31.7. The maximum atomic E-state index is 14.4. The van der Waals surface area contributed by atoms with Crippen LogP contribution in [0.1, 0.15) is 30.0 Å². The molecule has 4 rings (SSSR count). The second-order valence-corrected chi connectivity index (χ2v) is 12.7. The molecule has 1 N–H and O–H groups in total. The lowest BCUT2D eigenvalue weighted by molar-refractivity contribution is -0.140. The molecule has 7 nitrogen and oxygen atoms in total. The van der Waals surface area contributed by atoms with Crippen molar-refractivity contribution in [3.8, 4) is 0 Å². The summed E-state index contributed by atoms with van der Waals surface area (Å²) in [5, 5.41) is 3.43. The van der Waals surface area contributed by atoms with Crippen molar-refractivity contribution in [3.05, 3.63) is 131 Å². The van der Waals surface area contributed by atoms with Crippen molar-refractivity contribution < 1.29 is 22.4 Å². The molecule has 0 saturated carbocycles. The Hall–Kier alpha value is -4.21. The summed E-state index contributed by atoms with van der Waals surface area (Å²) in [5.74, 6) is -1.52. The Kier molecular flexibility index (Phi) is 11.1. The van der Waals surface area contributed by atoms with Crippen molar-refractivity contribution in [2.24, 2.45) is 0 Å². The Balaban J connectivity index is 1.78. The Morgan fingerprint density at radius 2 is 1.50 bits per heavy atom. The van der Waals surface area contributed by atoms with Gasteiger partial charge >= 0.3 is 0 Å². The van der Waals surface area contributed by atoms with E-state index in [1.54, 1.807) is 48.5 Å². The van der Waals surface area contributed by atoms with E-state index in [4.69, 9.17) is 11.6 Å². The number of benzene rings is 4. The van der Waals surface area contributed by atoms with Crippen LogP contribution in [0.3, 0.4) is 0 Å². The maximum absolute atomic E-state index is 14.4. The molecular formula is C34H35ClFN3O4S. The van der Waals surface area contributed by atoms with Gasteiger partial charge in [-0.05, 0) is 73.0 Å². The van der Waals surface area contributed by atoms with Crippen LogP contribution in [0.5, 0.6) is 0 Å². The van der Waals surface area contributed by atoms with E-state index in [1.807, 2.05) is 44.2 Å². The number of hydrogen-bond acceptors (Lipinski definition) is 4. The summed E-state index contributed by atoms with van der Waals surface area (Å²) < 4.78 is 42.6. The predicted molar refractivity (Wildman–Crippen MR) is 171 cm³/mol. The van der Waals surface area contributed by atoms with E-state index in [1.165, 1.54) is 4.90 Å². The van der Waals surface area contributed by atoms with Crippen LogP contribution in [0, 0.1) is 12.7 Å². The summed E-state index contributed by atoms with van der Waals surface area (Å²) in [4.78, 5) is 29.3. The fourth-order valence-corrected chi connectivity index (χ4v) is 6.22. The zero-order valence-corrected chi connectivity index (χ0v) is 26.2. The first-order valence-electron chi connectivity index (χ1n) is 14.3. The number of nitrogens with one attached hydrogen (secondary N) is 1. The number of rotatable bonds is 13. The average molecular weight is 636 g/mol. The largest absolute Gasteiger partial charge is 0.354 e. The number of amides is 2. The van der Waals surface area contributed by atoms with Crippen LogP contribution in [0.15, 0.2) is 108 Å². The molecule has 0 fully saturated rings. The van der Waals surface area contributed by atoms with Gasteiger partial charge in [0.1, 0.15) is 18.4 Å². The van der Waals surface area contributed by atoms with Gasteiger partial charge in [0, 0.05) is 24.5 Å². The molecule has 0 aliphatic heterocycles. The molecule has 4 aromatic rings. The van der Waals surface area contributed by atoms with Gasteiger partial charge in [-0.15, -0.1) is 0 Å². The smallest absolute Gasteiger partial charge is 0.264 e. The van der Waals surface area contributed by atoms with E-state index in [2.05, 4.69) is 5.32 Å². The SMILES string of the molecule is CCCNC(=O)[C@H](Cc1ccccc1)N(Cc1ccc(Cl)cc1)C(=O)CN(c1ccc(C)cc1)S(=O)(=O)c1ccc(F)cc1. The van der Waals surface area contributed by atoms with Gasteiger partial charge in [0.2, 0.25) is 11.8 Å². The first kappa shape index (κ1) is 32.7. The number of nitrogens with zero attached hydrogens (tertiary/aromatic N) is 2. The van der Waals surface area contributed by atoms with E-state index in [9.17, 15) is 22.4 Å². The Bertz CT molecular complexity index is 1650. The Morgan fingerprint density at radius 3 is 2.11 bits per heavy atom. The Labute approximate surface area is 263 Å². The summed E-state index contributed by atoms with van der Waals surface area (Å²) in [6.45, 7) is 3.66. The number of sulfonamides is 1. The van der Waals surface area contributed by atoms with Crippen molar-refractivity contribution in [2.45, 2.75) is 44.2 Å². The average Bonchev–Trinajstić information content (AvgIpc) is 3.02. The number of carbonyl (C=O) groups is 2. The van der Waals surface area contributed by atoms with E-state index in [0.29, 0.717) is 23.6 Å². The molecule has 0 aliphatic carbocycles. The van der Waals surface area contributed by atoms with E-state index >= 15 is 0 Å². The molecule has 10 heteroatoms. The highest BCUT2D eigenvalue weighted by Crippen LogP contribution is 2.26. The molecule has 1 atom stereocenters. The molecule has 2 amide bonds. The Morgan fingerprint density at radius 1 is 0.864 bits per heavy atom. The van der Waals surface area contributed by atoms with Gasteiger partial charge in [0.25, 0.3) is 10.0 Å². The monoisotopic (exact) mass is 635 g/mol. The summed E-state index contributed by atoms with van der Waals surface area (Å²) in [7, 11) is -4.31. The second kappa shape index (κ2) is 15.0. The standard InChI is InChI=1S/C34H35ClFN3O4S/c1-3-21-37-34(41)32(22-26-7-5-4-6-8-26)38(23-27-11-13-28(35)14-12-27)33(40)24-39(30-17-9-25(2)10-18-30)44(42,43)31-19-15-29(36)16-20-31/h4-20,32H,3,21-24H2,1-2H3,(H,37,41)/t32-/m0/s1. The maximum Gasteiger partial charge on any atom is 0.264 e. The van der Waals surface area contributed by atoms with Crippen LogP contribution in [-0.2, 0) is 32.6 Å². The van der Waals surface area contributed by atoms with Crippen LogP contribution in [0.2, 0.25) is 5.02 Å². The fraction of sp³-hybridized carbons (Fsp3) is 0.235. The van der Waals surface area contributed by atoms with Crippen LogP contribution in [0.25, 0.3) is 0 Å². The third kappa shape index (κ3) is 8.45. The van der Waals surface area contributed by atoms with Gasteiger partial charge in [0.05, 0.1) is 10.6 Å². The van der Waals surface area contributed by atoms with Crippen molar-refractivity contribution in [1.82, 2.24) is 10.2 Å². The minimum atomic E-state index is -4.31. The highest BCUT2D eigenvalue weighted by Gasteiger charge is 2.34. The minimum absolute atomic E-state index is 0.0331. The normalized spacial score (nSPS) is 11.9.